The summed E-state index contributed by atoms with van der Waals surface area (Å²) in [6, 6.07) is 1.94. The van der Waals surface area contributed by atoms with Crippen LogP contribution in [0.5, 0.6) is 0 Å². The molecule has 28 heavy (non-hydrogen) atoms. The van der Waals surface area contributed by atoms with Gasteiger partial charge in [0.1, 0.15) is 11.6 Å². The van der Waals surface area contributed by atoms with Gasteiger partial charge in [0.2, 0.25) is 5.95 Å². The van der Waals surface area contributed by atoms with Gasteiger partial charge in [-0.2, -0.15) is 0 Å². The molecule has 3 heterocycles. The average Bonchev–Trinajstić information content (AvgIpc) is 2.63. The summed E-state index contributed by atoms with van der Waals surface area (Å²) in [6.45, 7) is 6.91. The van der Waals surface area contributed by atoms with Crippen molar-refractivity contribution in [1.82, 2.24) is 25.3 Å². The summed E-state index contributed by atoms with van der Waals surface area (Å²) >= 11 is 0. The first-order chi connectivity index (χ1) is 12.7. The molecule has 156 valence electrons. The third-order valence-electron chi connectivity index (χ3n) is 4.32. The number of nitrogens with one attached hydrogen (secondary N) is 4. The first-order valence-corrected chi connectivity index (χ1v) is 9.31. The molecular formula is C18H29Cl2N7O. The molecule has 0 spiro atoms. The number of hydrogen-bond donors (Lipinski definition) is 4. The van der Waals surface area contributed by atoms with Gasteiger partial charge in [-0.3, -0.25) is 9.78 Å². The third-order valence-corrected chi connectivity index (χ3v) is 4.32. The van der Waals surface area contributed by atoms with Crippen LogP contribution in [0, 0.1) is 6.92 Å². The summed E-state index contributed by atoms with van der Waals surface area (Å²) in [5.74, 6) is 2.23. The van der Waals surface area contributed by atoms with Crippen LogP contribution in [-0.4, -0.2) is 39.6 Å². The third kappa shape index (κ3) is 6.61. The molecule has 0 aromatic carbocycles. The molecule has 4 N–H and O–H groups in total. The predicted octanol–water partition coefficient (Wildman–Crippen LogP) is 2.22. The number of aromatic nitrogens is 4. The van der Waals surface area contributed by atoms with Crippen molar-refractivity contribution in [2.75, 3.05) is 30.3 Å². The van der Waals surface area contributed by atoms with Gasteiger partial charge in [-0.1, -0.05) is 13.3 Å². The van der Waals surface area contributed by atoms with Gasteiger partial charge in [0, 0.05) is 43.4 Å². The molecule has 2 aromatic rings. The number of rotatable bonds is 8. The summed E-state index contributed by atoms with van der Waals surface area (Å²) in [6.07, 6.45) is 3.86. The van der Waals surface area contributed by atoms with Crippen molar-refractivity contribution >= 4 is 36.6 Å². The van der Waals surface area contributed by atoms with Gasteiger partial charge in [-0.05, 0) is 26.3 Å². The Bertz CT molecular complexity index is 813. The quantitative estimate of drug-likeness (QED) is 0.476. The average molecular weight is 430 g/mol. The smallest absolute Gasteiger partial charge is 0.255 e. The zero-order valence-corrected chi connectivity index (χ0v) is 17.9. The highest BCUT2D eigenvalue weighted by atomic mass is 35.5. The molecule has 10 heteroatoms. The van der Waals surface area contributed by atoms with E-state index < -0.39 is 0 Å². The van der Waals surface area contributed by atoms with Gasteiger partial charge in [0.25, 0.3) is 5.56 Å². The standard InChI is InChI=1S/C18H27N7O.2ClH/c1-3-4-5-15-22-12(2)10-16(24-15)20-8-9-21-18-23-14-11-19-7-6-13(14)17(26)25-18;;/h10,19H,3-9,11H2,1-2H3,(H,20,22,24)(H2,21,23,25,26);2*1H. The molecule has 0 unspecified atom stereocenters. The maximum atomic E-state index is 12.1. The number of halogens is 2. The fourth-order valence-electron chi connectivity index (χ4n) is 2.99. The Morgan fingerprint density at radius 3 is 2.71 bits per heavy atom. The van der Waals surface area contributed by atoms with Crippen LogP contribution in [0.2, 0.25) is 0 Å². The van der Waals surface area contributed by atoms with Gasteiger partial charge < -0.3 is 16.0 Å². The van der Waals surface area contributed by atoms with Crippen molar-refractivity contribution in [2.24, 2.45) is 0 Å². The van der Waals surface area contributed by atoms with E-state index in [9.17, 15) is 4.79 Å². The Balaban J connectivity index is 0.00000196. The van der Waals surface area contributed by atoms with Crippen molar-refractivity contribution in [1.29, 1.82) is 0 Å². The molecule has 0 aliphatic carbocycles. The summed E-state index contributed by atoms with van der Waals surface area (Å²) in [5, 5.41) is 9.71. The molecule has 0 amide bonds. The van der Waals surface area contributed by atoms with E-state index in [1.54, 1.807) is 0 Å². The second kappa shape index (κ2) is 11.8. The van der Waals surface area contributed by atoms with Crippen LogP contribution < -0.4 is 21.5 Å². The number of unbranched alkanes of at least 4 members (excludes halogenated alkanes) is 1. The van der Waals surface area contributed by atoms with Crippen LogP contribution in [0.25, 0.3) is 0 Å². The van der Waals surface area contributed by atoms with Crippen molar-refractivity contribution < 1.29 is 0 Å². The van der Waals surface area contributed by atoms with Crippen LogP contribution >= 0.6 is 24.8 Å². The fourth-order valence-corrected chi connectivity index (χ4v) is 2.99. The fraction of sp³-hybridized carbons (Fsp3) is 0.556. The van der Waals surface area contributed by atoms with Gasteiger partial charge in [0.15, 0.2) is 0 Å². The molecule has 3 rings (SSSR count). The topological polar surface area (TPSA) is 108 Å². The van der Waals surface area contributed by atoms with E-state index in [1.807, 2.05) is 13.0 Å². The molecule has 1 aliphatic rings. The summed E-state index contributed by atoms with van der Waals surface area (Å²) in [4.78, 5) is 28.4. The maximum absolute atomic E-state index is 12.1. The summed E-state index contributed by atoms with van der Waals surface area (Å²) in [5.41, 5.74) is 2.56. The van der Waals surface area contributed by atoms with Crippen LogP contribution in [0.15, 0.2) is 10.9 Å². The number of nitrogens with zero attached hydrogens (tertiary/aromatic N) is 3. The van der Waals surface area contributed by atoms with Crippen LogP contribution in [0.3, 0.4) is 0 Å². The molecular weight excluding hydrogens is 401 g/mol. The number of fused-ring (bicyclic) bond motifs is 1. The number of hydrogen-bond acceptors (Lipinski definition) is 7. The molecule has 0 atom stereocenters. The van der Waals surface area contributed by atoms with E-state index in [0.717, 1.165) is 60.8 Å². The highest BCUT2D eigenvalue weighted by molar-refractivity contribution is 5.85. The lowest BCUT2D eigenvalue weighted by Gasteiger charge is -2.16. The van der Waals surface area contributed by atoms with Gasteiger partial charge >= 0.3 is 0 Å². The minimum absolute atomic E-state index is 0. The van der Waals surface area contributed by atoms with Crippen LogP contribution in [-0.2, 0) is 19.4 Å². The lowest BCUT2D eigenvalue weighted by Crippen LogP contribution is -2.32. The minimum Gasteiger partial charge on any atom is -0.368 e. The highest BCUT2D eigenvalue weighted by Crippen LogP contribution is 2.09. The van der Waals surface area contributed by atoms with E-state index in [4.69, 9.17) is 0 Å². The predicted molar refractivity (Wildman–Crippen MR) is 117 cm³/mol. The first-order valence-electron chi connectivity index (χ1n) is 9.31. The van der Waals surface area contributed by atoms with Crippen molar-refractivity contribution in [3.05, 3.63) is 39.2 Å². The monoisotopic (exact) mass is 429 g/mol. The minimum atomic E-state index is -0.0426. The lowest BCUT2D eigenvalue weighted by atomic mass is 10.1. The zero-order valence-electron chi connectivity index (χ0n) is 16.3. The van der Waals surface area contributed by atoms with E-state index in [1.165, 1.54) is 0 Å². The Kier molecular flexibility index (Phi) is 10.2. The molecule has 0 fully saturated rings. The summed E-state index contributed by atoms with van der Waals surface area (Å²) < 4.78 is 0. The highest BCUT2D eigenvalue weighted by Gasteiger charge is 2.14. The molecule has 1 aliphatic heterocycles. The van der Waals surface area contributed by atoms with E-state index in [-0.39, 0.29) is 30.4 Å². The van der Waals surface area contributed by atoms with Crippen LogP contribution in [0.1, 0.15) is 42.5 Å². The SMILES string of the molecule is CCCCc1nc(C)cc(NCCNc2nc3c(c(=O)[nH]2)CCNC3)n1.Cl.Cl. The van der Waals surface area contributed by atoms with Gasteiger partial charge in [-0.15, -0.1) is 24.8 Å². The zero-order chi connectivity index (χ0) is 18.4. The Morgan fingerprint density at radius 2 is 1.93 bits per heavy atom. The Morgan fingerprint density at radius 1 is 1.14 bits per heavy atom. The van der Waals surface area contributed by atoms with Crippen molar-refractivity contribution in [3.8, 4) is 0 Å². The summed E-state index contributed by atoms with van der Waals surface area (Å²) in [7, 11) is 0. The normalized spacial score (nSPS) is 12.4. The molecule has 0 bridgehead atoms. The number of aryl methyl sites for hydroxylation is 2. The second-order valence-corrected chi connectivity index (χ2v) is 6.53. The number of anilines is 2. The van der Waals surface area contributed by atoms with Gasteiger partial charge in [0.05, 0.1) is 5.69 Å². The first kappa shape index (κ1) is 24.1. The van der Waals surface area contributed by atoms with Gasteiger partial charge in [-0.25, -0.2) is 15.0 Å². The molecule has 8 nitrogen and oxygen atoms in total. The number of aromatic amines is 1. The number of H-pyrrole nitrogens is 1. The van der Waals surface area contributed by atoms with Crippen LogP contribution in [0.4, 0.5) is 11.8 Å². The maximum Gasteiger partial charge on any atom is 0.255 e. The van der Waals surface area contributed by atoms with E-state index in [0.29, 0.717) is 25.6 Å². The van der Waals surface area contributed by atoms with E-state index >= 15 is 0 Å². The Labute approximate surface area is 177 Å². The molecule has 2 aromatic heterocycles. The molecule has 0 radical (unpaired) electrons. The largest absolute Gasteiger partial charge is 0.368 e. The van der Waals surface area contributed by atoms with Crippen molar-refractivity contribution in [3.63, 3.8) is 0 Å². The van der Waals surface area contributed by atoms with E-state index in [2.05, 4.69) is 42.8 Å². The molecule has 0 saturated heterocycles. The molecule has 0 saturated carbocycles. The van der Waals surface area contributed by atoms with Crippen molar-refractivity contribution in [2.45, 2.75) is 46.1 Å². The second-order valence-electron chi connectivity index (χ2n) is 6.53. The lowest BCUT2D eigenvalue weighted by molar-refractivity contribution is 0.619. The Hall–Kier alpha value is -1.90.